The molecule has 0 saturated carbocycles. The minimum atomic E-state index is -0.147. The van der Waals surface area contributed by atoms with Crippen LogP contribution >= 0.6 is 0 Å². The van der Waals surface area contributed by atoms with Gasteiger partial charge in [-0.1, -0.05) is 0 Å². The topological polar surface area (TPSA) is 81.6 Å². The van der Waals surface area contributed by atoms with E-state index in [9.17, 15) is 4.79 Å². The zero-order valence-corrected chi connectivity index (χ0v) is 10.1. The molecule has 2 rings (SSSR count). The summed E-state index contributed by atoms with van der Waals surface area (Å²) < 4.78 is 0. The van der Waals surface area contributed by atoms with Crippen molar-refractivity contribution in [2.24, 2.45) is 0 Å². The number of hydrogen-bond acceptors (Lipinski definition) is 4. The molecule has 1 atom stereocenters. The third-order valence-electron chi connectivity index (χ3n) is 3.07. The lowest BCUT2D eigenvalue weighted by atomic mass is 10.0. The summed E-state index contributed by atoms with van der Waals surface area (Å²) in [5.74, 6) is 0.0525. The number of carbonyl (C=O) groups is 1. The van der Waals surface area contributed by atoms with E-state index >= 15 is 0 Å². The number of anilines is 2. The first-order valence-electron chi connectivity index (χ1n) is 6.14. The molecule has 0 spiro atoms. The van der Waals surface area contributed by atoms with Gasteiger partial charge in [0.15, 0.2) is 0 Å². The molecular formula is C13H18N2O3. The number of aryl methyl sites for hydroxylation is 1. The van der Waals surface area contributed by atoms with Crippen LogP contribution in [-0.4, -0.2) is 35.4 Å². The predicted molar refractivity (Wildman–Crippen MR) is 69.6 cm³/mol. The summed E-state index contributed by atoms with van der Waals surface area (Å²) in [4.78, 5) is 11.2. The molecule has 18 heavy (non-hydrogen) atoms. The fourth-order valence-corrected chi connectivity index (χ4v) is 2.07. The van der Waals surface area contributed by atoms with Crippen LogP contribution in [0.4, 0.5) is 11.4 Å². The molecule has 0 bridgehead atoms. The summed E-state index contributed by atoms with van der Waals surface area (Å²) in [7, 11) is 0. The molecule has 1 heterocycles. The maximum Gasteiger partial charge on any atom is 0.224 e. The van der Waals surface area contributed by atoms with Crippen molar-refractivity contribution in [2.45, 2.75) is 25.3 Å². The molecule has 4 N–H and O–H groups in total. The van der Waals surface area contributed by atoms with Gasteiger partial charge in [0.1, 0.15) is 0 Å². The van der Waals surface area contributed by atoms with Crippen molar-refractivity contribution >= 4 is 17.3 Å². The van der Waals surface area contributed by atoms with E-state index in [4.69, 9.17) is 10.2 Å². The van der Waals surface area contributed by atoms with Gasteiger partial charge in [-0.3, -0.25) is 4.79 Å². The number of aliphatic hydroxyl groups excluding tert-OH is 2. The van der Waals surface area contributed by atoms with Crippen molar-refractivity contribution in [2.75, 3.05) is 23.8 Å². The summed E-state index contributed by atoms with van der Waals surface area (Å²) in [5, 5.41) is 24.0. The zero-order chi connectivity index (χ0) is 13.0. The van der Waals surface area contributed by atoms with Crippen LogP contribution in [0.3, 0.4) is 0 Å². The monoisotopic (exact) mass is 250 g/mol. The van der Waals surface area contributed by atoms with Crippen LogP contribution in [0.5, 0.6) is 0 Å². The van der Waals surface area contributed by atoms with Crippen molar-refractivity contribution in [1.82, 2.24) is 0 Å². The van der Waals surface area contributed by atoms with Gasteiger partial charge < -0.3 is 20.8 Å². The Hall–Kier alpha value is -1.59. The number of nitrogens with one attached hydrogen (secondary N) is 2. The van der Waals surface area contributed by atoms with Gasteiger partial charge in [-0.2, -0.15) is 0 Å². The quantitative estimate of drug-likeness (QED) is 0.621. The fraction of sp³-hybridized carbons (Fsp3) is 0.462. The van der Waals surface area contributed by atoms with Crippen molar-refractivity contribution in [3.8, 4) is 0 Å². The van der Waals surface area contributed by atoms with Crippen LogP contribution in [-0.2, 0) is 11.2 Å². The van der Waals surface area contributed by atoms with E-state index in [1.807, 2.05) is 18.2 Å². The number of aliphatic hydroxyl groups is 2. The first kappa shape index (κ1) is 12.9. The smallest absolute Gasteiger partial charge is 0.224 e. The second-order valence-electron chi connectivity index (χ2n) is 4.46. The molecule has 0 radical (unpaired) electrons. The van der Waals surface area contributed by atoms with E-state index in [-0.39, 0.29) is 25.2 Å². The average Bonchev–Trinajstić information content (AvgIpc) is 2.38. The molecule has 5 heteroatoms. The first-order chi connectivity index (χ1) is 8.72. The van der Waals surface area contributed by atoms with Crippen LogP contribution < -0.4 is 10.6 Å². The minimum Gasteiger partial charge on any atom is -0.396 e. The number of fused-ring (bicyclic) bond motifs is 1. The standard InChI is InChI=1S/C13H18N2O3/c16-6-5-11(8-17)14-10-2-3-12-9(7-10)1-4-13(18)15-12/h2-3,7,11,14,16-17H,1,4-6,8H2,(H,15,18). The van der Waals surface area contributed by atoms with Crippen LogP contribution in [0.15, 0.2) is 18.2 Å². The van der Waals surface area contributed by atoms with Crippen LogP contribution in [0.25, 0.3) is 0 Å². The molecule has 0 aromatic heterocycles. The summed E-state index contributed by atoms with van der Waals surface area (Å²) in [6.07, 6.45) is 1.75. The van der Waals surface area contributed by atoms with Crippen molar-refractivity contribution in [3.63, 3.8) is 0 Å². The van der Waals surface area contributed by atoms with Gasteiger partial charge in [-0.15, -0.1) is 0 Å². The van der Waals surface area contributed by atoms with E-state index < -0.39 is 0 Å². The molecule has 1 aliphatic heterocycles. The highest BCUT2D eigenvalue weighted by Gasteiger charge is 2.15. The Morgan fingerprint density at radius 3 is 2.89 bits per heavy atom. The van der Waals surface area contributed by atoms with Gasteiger partial charge in [0.2, 0.25) is 5.91 Å². The Bertz CT molecular complexity index is 434. The first-order valence-corrected chi connectivity index (χ1v) is 6.14. The van der Waals surface area contributed by atoms with Gasteiger partial charge in [-0.05, 0) is 36.6 Å². The molecule has 1 unspecified atom stereocenters. The molecule has 1 aromatic carbocycles. The number of carbonyl (C=O) groups excluding carboxylic acids is 1. The molecule has 0 aliphatic carbocycles. The largest absolute Gasteiger partial charge is 0.396 e. The van der Waals surface area contributed by atoms with Crippen LogP contribution in [0.1, 0.15) is 18.4 Å². The Labute approximate surface area is 106 Å². The molecule has 1 aliphatic rings. The highest BCUT2D eigenvalue weighted by molar-refractivity contribution is 5.94. The van der Waals surface area contributed by atoms with Crippen molar-refractivity contribution in [1.29, 1.82) is 0 Å². The zero-order valence-electron chi connectivity index (χ0n) is 10.1. The molecular weight excluding hydrogens is 232 g/mol. The fourth-order valence-electron chi connectivity index (χ4n) is 2.07. The Kier molecular flexibility index (Phi) is 4.17. The normalized spacial score (nSPS) is 15.8. The van der Waals surface area contributed by atoms with Crippen molar-refractivity contribution < 1.29 is 15.0 Å². The average molecular weight is 250 g/mol. The second kappa shape index (κ2) is 5.84. The molecule has 0 fully saturated rings. The third kappa shape index (κ3) is 3.00. The maximum atomic E-state index is 11.2. The van der Waals surface area contributed by atoms with E-state index in [1.165, 1.54) is 0 Å². The van der Waals surface area contributed by atoms with Gasteiger partial charge in [-0.25, -0.2) is 0 Å². The predicted octanol–water partition coefficient (Wildman–Crippen LogP) is 0.726. The highest BCUT2D eigenvalue weighted by Crippen LogP contribution is 2.26. The van der Waals surface area contributed by atoms with Crippen LogP contribution in [0.2, 0.25) is 0 Å². The molecule has 1 aromatic rings. The van der Waals surface area contributed by atoms with E-state index in [0.29, 0.717) is 12.8 Å². The van der Waals surface area contributed by atoms with Gasteiger partial charge in [0.05, 0.1) is 12.6 Å². The highest BCUT2D eigenvalue weighted by atomic mass is 16.3. The molecule has 1 amide bonds. The second-order valence-corrected chi connectivity index (χ2v) is 4.46. The van der Waals surface area contributed by atoms with Gasteiger partial charge in [0, 0.05) is 24.4 Å². The number of hydrogen-bond donors (Lipinski definition) is 4. The van der Waals surface area contributed by atoms with E-state index in [2.05, 4.69) is 10.6 Å². The summed E-state index contributed by atoms with van der Waals surface area (Å²) in [5.41, 5.74) is 2.86. The molecule has 5 nitrogen and oxygen atoms in total. The Balaban J connectivity index is 2.09. The lowest BCUT2D eigenvalue weighted by Gasteiger charge is -2.20. The van der Waals surface area contributed by atoms with Gasteiger partial charge >= 0.3 is 0 Å². The van der Waals surface area contributed by atoms with Crippen molar-refractivity contribution in [3.05, 3.63) is 23.8 Å². The number of rotatable bonds is 5. The summed E-state index contributed by atoms with van der Waals surface area (Å²) >= 11 is 0. The lowest BCUT2D eigenvalue weighted by molar-refractivity contribution is -0.116. The molecule has 98 valence electrons. The summed E-state index contributed by atoms with van der Waals surface area (Å²) in [6.45, 7) is 0.0214. The maximum absolute atomic E-state index is 11.2. The number of amides is 1. The number of benzene rings is 1. The van der Waals surface area contributed by atoms with Crippen LogP contribution in [0, 0.1) is 0 Å². The Morgan fingerprint density at radius 1 is 1.33 bits per heavy atom. The summed E-state index contributed by atoms with van der Waals surface area (Å²) in [6, 6.07) is 5.56. The SMILES string of the molecule is O=C1CCc2cc(NC(CO)CCO)ccc2N1. The lowest BCUT2D eigenvalue weighted by Crippen LogP contribution is -2.25. The Morgan fingerprint density at radius 2 is 2.17 bits per heavy atom. The van der Waals surface area contributed by atoms with Gasteiger partial charge in [0.25, 0.3) is 0 Å². The molecule has 0 saturated heterocycles. The van der Waals surface area contributed by atoms with E-state index in [0.717, 1.165) is 23.4 Å². The van der Waals surface area contributed by atoms with E-state index in [1.54, 1.807) is 0 Å². The minimum absolute atomic E-state index is 0.0195. The third-order valence-corrected chi connectivity index (χ3v) is 3.07.